The van der Waals surface area contributed by atoms with Crippen molar-refractivity contribution < 1.29 is 23.5 Å². The molecule has 194 valence electrons. The molecular formula is C30H34N2O5. The summed E-state index contributed by atoms with van der Waals surface area (Å²) in [7, 11) is 1.91. The fourth-order valence-corrected chi connectivity index (χ4v) is 7.92. The molecule has 1 spiro atoms. The van der Waals surface area contributed by atoms with Gasteiger partial charge in [0.1, 0.15) is 17.6 Å². The van der Waals surface area contributed by atoms with Crippen LogP contribution in [-0.2, 0) is 21.4 Å². The van der Waals surface area contributed by atoms with Crippen LogP contribution in [0.4, 0.5) is 0 Å². The maximum absolute atomic E-state index is 13.3. The number of hydrogen-bond acceptors (Lipinski definition) is 6. The number of esters is 1. The van der Waals surface area contributed by atoms with Crippen LogP contribution in [0.2, 0.25) is 0 Å². The lowest BCUT2D eigenvalue weighted by Crippen LogP contribution is -2.69. The van der Waals surface area contributed by atoms with Crippen LogP contribution < -0.4 is 9.47 Å². The lowest BCUT2D eigenvalue weighted by molar-refractivity contribution is -0.135. The number of furan rings is 1. The van der Waals surface area contributed by atoms with Crippen molar-refractivity contribution in [1.82, 2.24) is 9.80 Å². The second-order valence-corrected chi connectivity index (χ2v) is 11.6. The lowest BCUT2D eigenvalue weighted by Gasteiger charge is -2.60. The van der Waals surface area contributed by atoms with Gasteiger partial charge in [0.25, 0.3) is 0 Å². The fourth-order valence-electron chi connectivity index (χ4n) is 7.92. The Balaban J connectivity index is 1.26. The summed E-state index contributed by atoms with van der Waals surface area (Å²) in [5.74, 6) is 2.58. The largest absolute Gasteiger partial charge is 0.487 e. The van der Waals surface area contributed by atoms with Gasteiger partial charge in [-0.05, 0) is 81.2 Å². The van der Waals surface area contributed by atoms with Crippen LogP contribution in [0.25, 0.3) is 6.08 Å². The molecule has 37 heavy (non-hydrogen) atoms. The van der Waals surface area contributed by atoms with E-state index < -0.39 is 0 Å². The monoisotopic (exact) mass is 502 g/mol. The van der Waals surface area contributed by atoms with Gasteiger partial charge in [0.05, 0.1) is 18.6 Å². The number of amides is 1. The molecule has 2 aromatic rings. The minimum atomic E-state index is -0.289. The Morgan fingerprint density at radius 1 is 1.22 bits per heavy atom. The van der Waals surface area contributed by atoms with Crippen LogP contribution in [0.1, 0.15) is 55.7 Å². The zero-order chi connectivity index (χ0) is 25.3. The van der Waals surface area contributed by atoms with E-state index in [0.29, 0.717) is 17.7 Å². The third-order valence-corrected chi connectivity index (χ3v) is 9.65. The van der Waals surface area contributed by atoms with Gasteiger partial charge in [-0.15, -0.1) is 0 Å². The highest BCUT2D eigenvalue weighted by Crippen LogP contribution is 2.64. The molecule has 3 heterocycles. The summed E-state index contributed by atoms with van der Waals surface area (Å²) >= 11 is 0. The maximum atomic E-state index is 13.3. The second-order valence-electron chi connectivity index (χ2n) is 11.6. The molecule has 1 aromatic carbocycles. The molecule has 1 saturated heterocycles. The summed E-state index contributed by atoms with van der Waals surface area (Å²) in [6.45, 7) is 3.69. The van der Waals surface area contributed by atoms with Gasteiger partial charge in [-0.25, -0.2) is 0 Å². The van der Waals surface area contributed by atoms with Crippen LogP contribution in [0.15, 0.2) is 41.2 Å². The zero-order valence-electron chi connectivity index (χ0n) is 21.5. The highest BCUT2D eigenvalue weighted by Gasteiger charge is 2.66. The van der Waals surface area contributed by atoms with Crippen molar-refractivity contribution in [1.29, 1.82) is 0 Å². The number of likely N-dealkylation sites (tertiary alicyclic amines) is 1. The molecule has 2 bridgehead atoms. The van der Waals surface area contributed by atoms with Gasteiger partial charge < -0.3 is 18.8 Å². The normalized spacial score (nSPS) is 31.6. The Hall–Kier alpha value is -3.06. The first-order chi connectivity index (χ1) is 18.0. The highest BCUT2D eigenvalue weighted by molar-refractivity contribution is 5.91. The predicted octanol–water partition coefficient (Wildman–Crippen LogP) is 4.19. The number of carbonyl (C=O) groups excluding carboxylic acids is 2. The summed E-state index contributed by atoms with van der Waals surface area (Å²) < 4.78 is 17.7. The minimum absolute atomic E-state index is 0.0242. The fraction of sp³-hybridized carbons (Fsp3) is 0.533. The summed E-state index contributed by atoms with van der Waals surface area (Å²) in [6, 6.07) is 6.12. The van der Waals surface area contributed by atoms with Crippen molar-refractivity contribution >= 4 is 18.0 Å². The van der Waals surface area contributed by atoms with Crippen LogP contribution >= 0.6 is 0 Å². The summed E-state index contributed by atoms with van der Waals surface area (Å²) in [5, 5.41) is 0. The van der Waals surface area contributed by atoms with E-state index in [0.717, 1.165) is 55.0 Å². The average Bonchev–Trinajstić information content (AvgIpc) is 3.41. The van der Waals surface area contributed by atoms with Crippen molar-refractivity contribution in [2.45, 2.75) is 69.1 Å². The molecule has 7 nitrogen and oxygen atoms in total. The summed E-state index contributed by atoms with van der Waals surface area (Å²) in [5.41, 5.74) is 3.11. The average molecular weight is 503 g/mol. The molecule has 1 aromatic heterocycles. The molecule has 0 N–H and O–H groups in total. The maximum Gasteiger partial charge on any atom is 0.308 e. The molecular weight excluding hydrogens is 468 g/mol. The Kier molecular flexibility index (Phi) is 5.29. The summed E-state index contributed by atoms with van der Waals surface area (Å²) in [4.78, 5) is 29.9. The molecule has 0 unspecified atom stereocenters. The van der Waals surface area contributed by atoms with Crippen LogP contribution in [0, 0.1) is 11.8 Å². The van der Waals surface area contributed by atoms with Crippen molar-refractivity contribution in [3.8, 4) is 11.5 Å². The van der Waals surface area contributed by atoms with Crippen LogP contribution in [-0.4, -0.2) is 60.0 Å². The van der Waals surface area contributed by atoms with E-state index in [2.05, 4.69) is 4.90 Å². The summed E-state index contributed by atoms with van der Waals surface area (Å²) in [6.07, 6.45) is 13.1. The third kappa shape index (κ3) is 3.57. The van der Waals surface area contributed by atoms with Gasteiger partial charge in [0.15, 0.2) is 0 Å². The van der Waals surface area contributed by atoms with E-state index in [-0.39, 0.29) is 29.4 Å². The quantitative estimate of drug-likeness (QED) is 0.335. The van der Waals surface area contributed by atoms with Gasteiger partial charge in [0, 0.05) is 54.7 Å². The number of likely N-dealkylation sites (N-methyl/N-ethyl adjacent to an activating group) is 1. The van der Waals surface area contributed by atoms with E-state index in [1.807, 2.05) is 30.1 Å². The Morgan fingerprint density at radius 2 is 2.08 bits per heavy atom. The first-order valence-electron chi connectivity index (χ1n) is 13.7. The molecule has 7 heteroatoms. The van der Waals surface area contributed by atoms with Crippen LogP contribution in [0.5, 0.6) is 11.5 Å². The predicted molar refractivity (Wildman–Crippen MR) is 137 cm³/mol. The van der Waals surface area contributed by atoms with Gasteiger partial charge in [-0.3, -0.25) is 14.5 Å². The van der Waals surface area contributed by atoms with E-state index in [1.54, 1.807) is 24.7 Å². The molecule has 3 aliphatic carbocycles. The highest BCUT2D eigenvalue weighted by atomic mass is 16.5. The Morgan fingerprint density at radius 3 is 2.84 bits per heavy atom. The number of rotatable bonds is 6. The van der Waals surface area contributed by atoms with Gasteiger partial charge in [0.2, 0.25) is 5.91 Å². The van der Waals surface area contributed by atoms with Gasteiger partial charge >= 0.3 is 5.97 Å². The van der Waals surface area contributed by atoms with Crippen LogP contribution in [0.3, 0.4) is 0 Å². The topological polar surface area (TPSA) is 72.2 Å². The van der Waals surface area contributed by atoms with E-state index >= 15 is 0 Å². The molecule has 1 amide bonds. The zero-order valence-corrected chi connectivity index (χ0v) is 21.5. The van der Waals surface area contributed by atoms with Gasteiger partial charge in [-0.1, -0.05) is 0 Å². The number of ether oxygens (including phenoxy) is 2. The molecule has 2 aliphatic heterocycles. The minimum Gasteiger partial charge on any atom is -0.487 e. The molecule has 7 rings (SSSR count). The molecule has 3 fully saturated rings. The van der Waals surface area contributed by atoms with Crippen molar-refractivity contribution in [2.24, 2.45) is 11.8 Å². The Bertz CT molecular complexity index is 1270. The standard InChI is InChI=1S/C30H34N2O5/c1-18(33)36-25-8-9-26-28-21(25)15-24-22-6-7-23(31(2)27(34)10-5-20-11-14-35-17-20)29(37-26)30(22,28)12-13-32(24)16-19-3-4-19/h5,8-11,14,17,19,22-24,29H,3-4,6-7,12-13,15-16H2,1-2H3/b10-5+/t22-,23-,24+,29-,30-/m0/s1. The molecule has 5 atom stereocenters. The van der Waals surface area contributed by atoms with E-state index in [9.17, 15) is 9.59 Å². The van der Waals surface area contributed by atoms with E-state index in [4.69, 9.17) is 13.9 Å². The van der Waals surface area contributed by atoms with Gasteiger partial charge in [-0.2, -0.15) is 0 Å². The molecule has 2 saturated carbocycles. The molecule has 0 radical (unpaired) electrons. The number of benzene rings is 1. The lowest BCUT2D eigenvalue weighted by atomic mass is 9.51. The van der Waals surface area contributed by atoms with Crippen molar-refractivity contribution in [2.75, 3.05) is 20.1 Å². The number of carbonyl (C=O) groups is 2. The first-order valence-corrected chi connectivity index (χ1v) is 13.7. The number of piperidine rings is 1. The number of nitrogens with zero attached hydrogens (tertiary/aromatic N) is 2. The first kappa shape index (κ1) is 23.1. The van der Waals surface area contributed by atoms with E-state index in [1.165, 1.54) is 31.9 Å². The van der Waals surface area contributed by atoms with Crippen molar-refractivity contribution in [3.63, 3.8) is 0 Å². The SMILES string of the molecule is CC(=O)Oc1ccc2c3c1C[C@@H]1[C@@H]4CC[C@H](N(C)C(=O)/C=C/c5ccoc5)[C@H](O2)[C@]34CCN1CC1CC1. The Labute approximate surface area is 217 Å². The smallest absolute Gasteiger partial charge is 0.308 e. The van der Waals surface area contributed by atoms with Crippen molar-refractivity contribution in [3.05, 3.63) is 53.5 Å². The molecule has 5 aliphatic rings. The third-order valence-electron chi connectivity index (χ3n) is 9.65. The second kappa shape index (κ2) is 8.48. The number of hydrogen-bond donors (Lipinski definition) is 0.